The number of hydrogen-bond acceptors (Lipinski definition) is 11. The second-order valence-corrected chi connectivity index (χ2v) is 5.96. The molecule has 3 heterocycles. The monoisotopic (exact) mass is 420 g/mol. The smallest absolute Gasteiger partial charge is 0.294 e. The molecule has 0 saturated carbocycles. The molecule has 4 rings (SSSR count). The zero-order chi connectivity index (χ0) is 21.8. The fraction of sp³-hybridized carbons (Fsp3) is 0. The summed E-state index contributed by atoms with van der Waals surface area (Å²) in [6, 6.07) is 8.84. The number of benzene rings is 1. The number of pyridine rings is 1. The third-order valence-corrected chi connectivity index (χ3v) is 4.02. The topological polar surface area (TPSA) is 193 Å². The predicted octanol–water partition coefficient (Wildman–Crippen LogP) is 0.967. The first-order chi connectivity index (χ1) is 15.0. The van der Waals surface area contributed by atoms with Crippen LogP contribution in [0.3, 0.4) is 0 Å². The molecule has 3 N–H and O–H groups in total. The number of aromatic nitrogens is 6. The van der Waals surface area contributed by atoms with Crippen molar-refractivity contribution in [1.29, 1.82) is 0 Å². The van der Waals surface area contributed by atoms with Crippen LogP contribution in [0.4, 0.5) is 11.5 Å². The summed E-state index contributed by atoms with van der Waals surface area (Å²) in [5.41, 5.74) is 9.12. The molecule has 0 fully saturated rings. The molecule has 1 amide bonds. The van der Waals surface area contributed by atoms with Gasteiger partial charge in [-0.3, -0.25) is 19.9 Å². The predicted molar refractivity (Wildman–Crippen MR) is 105 cm³/mol. The summed E-state index contributed by atoms with van der Waals surface area (Å²) in [5.74, 6) is -0.768. The molecular formula is C17H12N10O4. The lowest BCUT2D eigenvalue weighted by Crippen LogP contribution is -2.19. The highest BCUT2D eigenvalue weighted by molar-refractivity contribution is 5.98. The van der Waals surface area contributed by atoms with Crippen LogP contribution in [0.1, 0.15) is 16.1 Å². The first-order valence-corrected chi connectivity index (χ1v) is 8.57. The van der Waals surface area contributed by atoms with Gasteiger partial charge in [0, 0.05) is 30.1 Å². The Morgan fingerprint density at radius 3 is 2.58 bits per heavy atom. The van der Waals surface area contributed by atoms with E-state index in [0.29, 0.717) is 5.56 Å². The molecule has 1 aromatic carbocycles. The van der Waals surface area contributed by atoms with Crippen LogP contribution >= 0.6 is 0 Å². The average molecular weight is 420 g/mol. The summed E-state index contributed by atoms with van der Waals surface area (Å²) in [4.78, 5) is 27.0. The SMILES string of the molecule is Nc1nonc1-n1nnc(C(=O)N/N=C/c2ccncc2)c1-c1ccc([N+](=O)[O-])cc1. The molecule has 4 aromatic rings. The number of carbonyl (C=O) groups excluding carboxylic acids is 1. The van der Waals surface area contributed by atoms with Gasteiger partial charge in [0.2, 0.25) is 11.6 Å². The van der Waals surface area contributed by atoms with Crippen molar-refractivity contribution in [1.82, 2.24) is 35.7 Å². The van der Waals surface area contributed by atoms with Crippen LogP contribution in [0.25, 0.3) is 17.1 Å². The molecule has 0 unspecified atom stereocenters. The lowest BCUT2D eigenvalue weighted by atomic mass is 10.1. The number of hydrogen-bond donors (Lipinski definition) is 2. The van der Waals surface area contributed by atoms with E-state index in [4.69, 9.17) is 5.73 Å². The van der Waals surface area contributed by atoms with Crippen molar-refractivity contribution in [2.45, 2.75) is 0 Å². The summed E-state index contributed by atoms with van der Waals surface area (Å²) in [6.07, 6.45) is 4.59. The summed E-state index contributed by atoms with van der Waals surface area (Å²) in [6.45, 7) is 0. The van der Waals surface area contributed by atoms with Crippen molar-refractivity contribution >= 4 is 23.6 Å². The number of anilines is 1. The van der Waals surface area contributed by atoms with Gasteiger partial charge in [-0.15, -0.1) is 5.10 Å². The van der Waals surface area contributed by atoms with Gasteiger partial charge < -0.3 is 5.73 Å². The number of hydrazone groups is 1. The molecule has 0 spiro atoms. The number of nitro groups is 1. The zero-order valence-corrected chi connectivity index (χ0v) is 15.5. The van der Waals surface area contributed by atoms with Gasteiger partial charge in [-0.25, -0.2) is 10.1 Å². The van der Waals surface area contributed by atoms with Gasteiger partial charge in [0.1, 0.15) is 5.69 Å². The van der Waals surface area contributed by atoms with E-state index >= 15 is 0 Å². The molecule has 0 radical (unpaired) electrons. The van der Waals surface area contributed by atoms with Crippen LogP contribution in [0, 0.1) is 10.1 Å². The van der Waals surface area contributed by atoms with E-state index in [1.165, 1.54) is 30.5 Å². The fourth-order valence-electron chi connectivity index (χ4n) is 2.59. The summed E-state index contributed by atoms with van der Waals surface area (Å²) < 4.78 is 5.74. The van der Waals surface area contributed by atoms with Crippen molar-refractivity contribution in [3.05, 3.63) is 70.2 Å². The van der Waals surface area contributed by atoms with Gasteiger partial charge in [-0.1, -0.05) is 5.21 Å². The largest absolute Gasteiger partial charge is 0.378 e. The number of nitrogen functional groups attached to an aromatic ring is 1. The Morgan fingerprint density at radius 2 is 1.94 bits per heavy atom. The van der Waals surface area contributed by atoms with Crippen LogP contribution in [0.2, 0.25) is 0 Å². The Bertz CT molecular complexity index is 1260. The van der Waals surface area contributed by atoms with Gasteiger partial charge in [0.15, 0.2) is 5.69 Å². The van der Waals surface area contributed by atoms with Crippen LogP contribution in [0.5, 0.6) is 0 Å². The molecule has 0 aliphatic carbocycles. The molecule has 154 valence electrons. The molecule has 14 nitrogen and oxygen atoms in total. The molecule has 0 atom stereocenters. The van der Waals surface area contributed by atoms with Crippen molar-refractivity contribution in [3.63, 3.8) is 0 Å². The van der Waals surface area contributed by atoms with E-state index in [0.717, 1.165) is 10.2 Å². The van der Waals surface area contributed by atoms with Crippen LogP contribution in [-0.2, 0) is 0 Å². The summed E-state index contributed by atoms with van der Waals surface area (Å²) >= 11 is 0. The minimum Gasteiger partial charge on any atom is -0.378 e. The van der Waals surface area contributed by atoms with E-state index in [2.05, 4.69) is 40.8 Å². The van der Waals surface area contributed by atoms with Crippen LogP contribution < -0.4 is 11.2 Å². The molecule has 3 aromatic heterocycles. The van der Waals surface area contributed by atoms with Crippen LogP contribution in [-0.4, -0.2) is 47.3 Å². The quantitative estimate of drug-likeness (QED) is 0.258. The van der Waals surface area contributed by atoms with Gasteiger partial charge >= 0.3 is 0 Å². The Kier molecular flexibility index (Phi) is 5.08. The van der Waals surface area contributed by atoms with Crippen molar-refractivity contribution in [2.75, 3.05) is 5.73 Å². The number of nitrogens with one attached hydrogen (secondary N) is 1. The zero-order valence-electron chi connectivity index (χ0n) is 15.5. The second-order valence-electron chi connectivity index (χ2n) is 5.96. The molecule has 0 aliphatic heterocycles. The first kappa shape index (κ1) is 19.3. The average Bonchev–Trinajstić information content (AvgIpc) is 3.40. The molecule has 31 heavy (non-hydrogen) atoms. The number of nitrogens with two attached hydrogens (primary N) is 1. The highest BCUT2D eigenvalue weighted by Crippen LogP contribution is 2.28. The summed E-state index contributed by atoms with van der Waals surface area (Å²) in [5, 5.41) is 29.8. The fourth-order valence-corrected chi connectivity index (χ4v) is 2.59. The van der Waals surface area contributed by atoms with Gasteiger partial charge in [-0.2, -0.15) is 9.78 Å². The molecule has 0 aliphatic rings. The first-order valence-electron chi connectivity index (χ1n) is 8.57. The van der Waals surface area contributed by atoms with E-state index in [9.17, 15) is 14.9 Å². The van der Waals surface area contributed by atoms with Gasteiger partial charge in [0.05, 0.1) is 11.1 Å². The van der Waals surface area contributed by atoms with Crippen molar-refractivity contribution < 1.29 is 14.3 Å². The van der Waals surface area contributed by atoms with Crippen molar-refractivity contribution in [3.8, 4) is 17.1 Å². The van der Waals surface area contributed by atoms with E-state index in [1.807, 2.05) is 0 Å². The number of rotatable bonds is 6. The minimum atomic E-state index is -0.681. The number of nitro benzene ring substituents is 1. The Hall–Kier alpha value is -5.01. The number of nitrogens with zero attached hydrogens (tertiary/aromatic N) is 8. The maximum absolute atomic E-state index is 12.7. The third kappa shape index (κ3) is 3.93. The lowest BCUT2D eigenvalue weighted by Gasteiger charge is -2.05. The van der Waals surface area contributed by atoms with E-state index in [1.54, 1.807) is 24.5 Å². The molecule has 0 bridgehead atoms. The Labute approximate surface area is 172 Å². The third-order valence-electron chi connectivity index (χ3n) is 4.02. The number of non-ortho nitro benzene ring substituents is 1. The van der Waals surface area contributed by atoms with Gasteiger partial charge in [-0.05, 0) is 40.1 Å². The summed E-state index contributed by atoms with van der Waals surface area (Å²) in [7, 11) is 0. The normalized spacial score (nSPS) is 11.0. The lowest BCUT2D eigenvalue weighted by molar-refractivity contribution is -0.384. The molecular weight excluding hydrogens is 408 g/mol. The molecule has 14 heteroatoms. The second kappa shape index (κ2) is 8.16. The highest BCUT2D eigenvalue weighted by atomic mass is 16.6. The van der Waals surface area contributed by atoms with E-state index in [-0.39, 0.29) is 28.7 Å². The standard InChI is InChI=1S/C17H12N10O4/c18-15-16(24-31-23-15)26-14(11-1-3-12(4-2-11)27(29)30)13(21-25-26)17(28)22-20-9-10-5-7-19-8-6-10/h1-9H,(H2,18,23)(H,22,28)/b20-9+. The maximum atomic E-state index is 12.7. The van der Waals surface area contributed by atoms with Crippen LogP contribution in [0.15, 0.2) is 58.5 Å². The Balaban J connectivity index is 1.71. The molecule has 0 saturated heterocycles. The Morgan fingerprint density at radius 1 is 1.19 bits per heavy atom. The number of carbonyl (C=O) groups is 1. The maximum Gasteiger partial charge on any atom is 0.294 e. The van der Waals surface area contributed by atoms with Crippen molar-refractivity contribution in [2.24, 2.45) is 5.10 Å². The van der Waals surface area contributed by atoms with Gasteiger partial charge in [0.25, 0.3) is 11.6 Å². The van der Waals surface area contributed by atoms with E-state index < -0.39 is 10.8 Å². The minimum absolute atomic E-state index is 0.000176. The highest BCUT2D eigenvalue weighted by Gasteiger charge is 2.25. The number of amides is 1.